The highest BCUT2D eigenvalue weighted by atomic mass is 16.4. The molecule has 0 saturated heterocycles. The van der Waals surface area contributed by atoms with Crippen molar-refractivity contribution in [3.05, 3.63) is 11.6 Å². The normalized spacial score (nSPS) is 11.4. The summed E-state index contributed by atoms with van der Waals surface area (Å²) in [4.78, 5) is 20.9. The molecule has 0 aliphatic rings. The average molecular weight is 214 g/mol. The number of hydrogen-bond donors (Lipinski definition) is 2. The monoisotopic (exact) mass is 214 g/mol. The predicted octanol–water partition coefficient (Wildman–Crippen LogP) is 2.44. The summed E-state index contributed by atoms with van der Waals surface area (Å²) in [5.41, 5.74) is 0.438. The van der Waals surface area contributed by atoms with Gasteiger partial charge in [0.15, 0.2) is 0 Å². The van der Waals surface area contributed by atoms with Gasteiger partial charge in [-0.15, -0.1) is 0 Å². The zero-order valence-corrected chi connectivity index (χ0v) is 9.03. The molecule has 4 nitrogen and oxygen atoms in total. The number of aliphatic carboxylic acids is 2. The van der Waals surface area contributed by atoms with Crippen molar-refractivity contribution in [2.24, 2.45) is 0 Å². The molecule has 0 fully saturated rings. The molecule has 0 unspecified atom stereocenters. The largest absolute Gasteiger partial charge is 0.481 e. The Balaban J connectivity index is 3.68. The Kier molecular flexibility index (Phi) is 7.32. The summed E-state index contributed by atoms with van der Waals surface area (Å²) in [5, 5.41) is 17.2. The first-order valence-corrected chi connectivity index (χ1v) is 5.22. The van der Waals surface area contributed by atoms with Gasteiger partial charge in [-0.25, -0.2) is 4.79 Å². The van der Waals surface area contributed by atoms with Crippen molar-refractivity contribution in [3.8, 4) is 0 Å². The Morgan fingerprint density at radius 2 is 1.67 bits per heavy atom. The lowest BCUT2D eigenvalue weighted by Crippen LogP contribution is -2.01. The molecule has 0 heterocycles. The first kappa shape index (κ1) is 13.7. The molecule has 0 rings (SSSR count). The first-order valence-electron chi connectivity index (χ1n) is 5.22. The SMILES string of the molecule is CCC=C(CCCCCC(=O)O)C(=O)O. The number of hydrogen-bond acceptors (Lipinski definition) is 2. The van der Waals surface area contributed by atoms with Gasteiger partial charge in [0.2, 0.25) is 0 Å². The summed E-state index contributed by atoms with van der Waals surface area (Å²) in [7, 11) is 0. The number of rotatable bonds is 8. The minimum Gasteiger partial charge on any atom is -0.481 e. The second-order valence-corrected chi connectivity index (χ2v) is 3.40. The third-order valence-corrected chi connectivity index (χ3v) is 2.06. The Morgan fingerprint density at radius 1 is 1.07 bits per heavy atom. The maximum absolute atomic E-state index is 10.7. The summed E-state index contributed by atoms with van der Waals surface area (Å²) < 4.78 is 0. The fourth-order valence-corrected chi connectivity index (χ4v) is 1.31. The van der Waals surface area contributed by atoms with Crippen LogP contribution in [0, 0.1) is 0 Å². The Hall–Kier alpha value is -1.32. The van der Waals surface area contributed by atoms with Crippen LogP contribution in [0.4, 0.5) is 0 Å². The highest BCUT2D eigenvalue weighted by Gasteiger charge is 2.05. The van der Waals surface area contributed by atoms with Crippen molar-refractivity contribution in [3.63, 3.8) is 0 Å². The van der Waals surface area contributed by atoms with Crippen molar-refractivity contribution in [1.29, 1.82) is 0 Å². The van der Waals surface area contributed by atoms with Gasteiger partial charge >= 0.3 is 11.9 Å². The molecule has 0 aliphatic carbocycles. The lowest BCUT2D eigenvalue weighted by molar-refractivity contribution is -0.137. The number of unbranched alkanes of at least 4 members (excludes halogenated alkanes) is 2. The molecular formula is C11H18O4. The molecular weight excluding hydrogens is 196 g/mol. The summed E-state index contributed by atoms with van der Waals surface area (Å²) in [6.45, 7) is 1.90. The van der Waals surface area contributed by atoms with Gasteiger partial charge in [0.05, 0.1) is 0 Å². The van der Waals surface area contributed by atoms with Gasteiger partial charge in [-0.2, -0.15) is 0 Å². The summed E-state index contributed by atoms with van der Waals surface area (Å²) in [6.07, 6.45) is 5.25. The Morgan fingerprint density at radius 3 is 2.13 bits per heavy atom. The van der Waals surface area contributed by atoms with Crippen molar-refractivity contribution < 1.29 is 19.8 Å². The van der Waals surface area contributed by atoms with Gasteiger partial charge in [-0.1, -0.05) is 19.4 Å². The van der Waals surface area contributed by atoms with Crippen molar-refractivity contribution in [2.45, 2.75) is 45.4 Å². The third kappa shape index (κ3) is 7.73. The van der Waals surface area contributed by atoms with Crippen LogP contribution in [0.1, 0.15) is 45.4 Å². The van der Waals surface area contributed by atoms with Crippen LogP contribution in [0.15, 0.2) is 11.6 Å². The molecule has 0 spiro atoms. The molecule has 15 heavy (non-hydrogen) atoms. The molecule has 0 bridgehead atoms. The fraction of sp³-hybridized carbons (Fsp3) is 0.636. The topological polar surface area (TPSA) is 74.6 Å². The van der Waals surface area contributed by atoms with E-state index in [9.17, 15) is 9.59 Å². The zero-order valence-electron chi connectivity index (χ0n) is 9.03. The third-order valence-electron chi connectivity index (χ3n) is 2.06. The second kappa shape index (κ2) is 8.03. The number of carboxylic acids is 2. The smallest absolute Gasteiger partial charge is 0.331 e. The highest BCUT2D eigenvalue weighted by Crippen LogP contribution is 2.11. The van der Waals surface area contributed by atoms with Gasteiger partial charge in [0.25, 0.3) is 0 Å². The van der Waals surface area contributed by atoms with Crippen LogP contribution in [0.25, 0.3) is 0 Å². The molecule has 86 valence electrons. The summed E-state index contributed by atoms with van der Waals surface area (Å²) in [6, 6.07) is 0. The molecule has 0 saturated carbocycles. The predicted molar refractivity (Wildman–Crippen MR) is 56.7 cm³/mol. The van der Waals surface area contributed by atoms with Crippen molar-refractivity contribution in [1.82, 2.24) is 0 Å². The van der Waals surface area contributed by atoms with E-state index in [1.807, 2.05) is 6.92 Å². The van der Waals surface area contributed by atoms with Crippen LogP contribution in [0.5, 0.6) is 0 Å². The van der Waals surface area contributed by atoms with Gasteiger partial charge < -0.3 is 10.2 Å². The average Bonchev–Trinajstić information content (AvgIpc) is 2.15. The molecule has 0 aromatic carbocycles. The molecule has 0 atom stereocenters. The minimum absolute atomic E-state index is 0.167. The standard InChI is InChI=1S/C11H18O4/c1-2-6-9(11(14)15)7-4-3-5-8-10(12)13/h6H,2-5,7-8H2,1H3,(H,12,13)(H,14,15). The molecule has 0 aromatic heterocycles. The van der Waals surface area contributed by atoms with Gasteiger partial charge in [0.1, 0.15) is 0 Å². The minimum atomic E-state index is -0.866. The summed E-state index contributed by atoms with van der Waals surface area (Å²) in [5.74, 6) is -1.66. The van der Waals surface area contributed by atoms with Crippen molar-refractivity contribution in [2.75, 3.05) is 0 Å². The van der Waals surface area contributed by atoms with Gasteiger partial charge in [0, 0.05) is 12.0 Å². The zero-order chi connectivity index (χ0) is 11.7. The van der Waals surface area contributed by atoms with E-state index < -0.39 is 11.9 Å². The van der Waals surface area contributed by atoms with Crippen LogP contribution in [0.2, 0.25) is 0 Å². The van der Waals surface area contributed by atoms with Crippen LogP contribution in [-0.4, -0.2) is 22.2 Å². The van der Waals surface area contributed by atoms with E-state index in [-0.39, 0.29) is 6.42 Å². The summed E-state index contributed by atoms with van der Waals surface area (Å²) >= 11 is 0. The van der Waals surface area contributed by atoms with Crippen LogP contribution < -0.4 is 0 Å². The van der Waals surface area contributed by atoms with Crippen LogP contribution >= 0.6 is 0 Å². The van der Waals surface area contributed by atoms with Crippen molar-refractivity contribution >= 4 is 11.9 Å². The van der Waals surface area contributed by atoms with E-state index in [1.165, 1.54) is 0 Å². The van der Waals surface area contributed by atoms with E-state index in [0.29, 0.717) is 18.4 Å². The second-order valence-electron chi connectivity index (χ2n) is 3.40. The number of allylic oxidation sites excluding steroid dienone is 1. The van der Waals surface area contributed by atoms with E-state index in [0.717, 1.165) is 19.3 Å². The van der Waals surface area contributed by atoms with Crippen LogP contribution in [-0.2, 0) is 9.59 Å². The molecule has 4 heteroatoms. The van der Waals surface area contributed by atoms with Gasteiger partial charge in [-0.3, -0.25) is 4.79 Å². The van der Waals surface area contributed by atoms with E-state index >= 15 is 0 Å². The molecule has 0 radical (unpaired) electrons. The lowest BCUT2D eigenvalue weighted by atomic mass is 10.1. The van der Waals surface area contributed by atoms with E-state index in [1.54, 1.807) is 6.08 Å². The highest BCUT2D eigenvalue weighted by molar-refractivity contribution is 5.86. The lowest BCUT2D eigenvalue weighted by Gasteiger charge is -2.01. The Labute approximate surface area is 89.6 Å². The molecule has 0 aromatic rings. The molecule has 0 aliphatic heterocycles. The maximum atomic E-state index is 10.7. The molecule has 2 N–H and O–H groups in total. The maximum Gasteiger partial charge on any atom is 0.331 e. The Bertz CT molecular complexity index is 243. The fourth-order valence-electron chi connectivity index (χ4n) is 1.31. The quantitative estimate of drug-likeness (QED) is 0.480. The van der Waals surface area contributed by atoms with Crippen LogP contribution in [0.3, 0.4) is 0 Å². The first-order chi connectivity index (χ1) is 7.07. The number of carboxylic acid groups (broad SMARTS) is 2. The molecule has 0 amide bonds. The van der Waals surface area contributed by atoms with E-state index in [4.69, 9.17) is 10.2 Å². The van der Waals surface area contributed by atoms with Gasteiger partial charge in [-0.05, 0) is 25.7 Å². The van der Waals surface area contributed by atoms with E-state index in [2.05, 4.69) is 0 Å². The number of carbonyl (C=O) groups is 2.